The summed E-state index contributed by atoms with van der Waals surface area (Å²) in [6.45, 7) is 0.490. The second-order valence-electron chi connectivity index (χ2n) is 8.67. The van der Waals surface area contributed by atoms with E-state index >= 15 is 0 Å². The molecule has 6 nitrogen and oxygen atoms in total. The number of amides is 2. The highest BCUT2D eigenvalue weighted by Crippen LogP contribution is 2.64. The van der Waals surface area contributed by atoms with E-state index in [2.05, 4.69) is 5.32 Å². The number of nitrogens with zero attached hydrogens (tertiary/aromatic N) is 1. The molecular weight excluding hydrogens is 387 g/mol. The fourth-order valence-electron chi connectivity index (χ4n) is 5.13. The van der Waals surface area contributed by atoms with E-state index in [4.69, 9.17) is 21.1 Å². The molecule has 28 heavy (non-hydrogen) atoms. The third-order valence-electron chi connectivity index (χ3n) is 6.75. The number of benzene rings is 1. The molecule has 0 aromatic heterocycles. The molecule has 4 saturated carbocycles. The zero-order valence-corrected chi connectivity index (χ0v) is 16.1. The van der Waals surface area contributed by atoms with E-state index in [1.165, 1.54) is 18.6 Å². The predicted molar refractivity (Wildman–Crippen MR) is 98.7 cm³/mol. The summed E-state index contributed by atoms with van der Waals surface area (Å²) in [6, 6.07) is 4.07. The second-order valence-corrected chi connectivity index (χ2v) is 9.08. The lowest BCUT2D eigenvalue weighted by Crippen LogP contribution is -2.84. The monoisotopic (exact) mass is 408 g/mol. The number of rotatable bonds is 6. The summed E-state index contributed by atoms with van der Waals surface area (Å²) < 4.78 is 24.3. The molecule has 1 atom stereocenters. The average molecular weight is 409 g/mol. The Bertz CT molecular complexity index is 824. The molecule has 5 fully saturated rings. The molecule has 1 N–H and O–H groups in total. The summed E-state index contributed by atoms with van der Waals surface area (Å²) in [7, 11) is 0. The van der Waals surface area contributed by atoms with Crippen LogP contribution < -0.4 is 10.1 Å². The van der Waals surface area contributed by atoms with Crippen LogP contribution in [0.25, 0.3) is 0 Å². The second kappa shape index (κ2) is 6.24. The van der Waals surface area contributed by atoms with Crippen LogP contribution in [0.4, 0.5) is 9.18 Å². The Balaban J connectivity index is 1.11. The maximum Gasteiger partial charge on any atom is 0.410 e. The Kier molecular flexibility index (Phi) is 4.02. The van der Waals surface area contributed by atoms with Gasteiger partial charge in [0.2, 0.25) is 0 Å². The zero-order valence-electron chi connectivity index (χ0n) is 15.4. The number of ether oxygens (including phenoxy) is 2. The van der Waals surface area contributed by atoms with Crippen molar-refractivity contribution in [1.29, 1.82) is 0 Å². The quantitative estimate of drug-likeness (QED) is 0.784. The molecule has 1 heterocycles. The van der Waals surface area contributed by atoms with Crippen LogP contribution in [0.2, 0.25) is 5.02 Å². The van der Waals surface area contributed by atoms with Crippen molar-refractivity contribution in [3.63, 3.8) is 0 Å². The van der Waals surface area contributed by atoms with Gasteiger partial charge in [-0.15, -0.1) is 0 Å². The molecule has 1 aromatic carbocycles. The molecule has 2 bridgehead atoms. The minimum absolute atomic E-state index is 0.0101. The van der Waals surface area contributed by atoms with Gasteiger partial charge in [-0.1, -0.05) is 18.0 Å². The summed E-state index contributed by atoms with van der Waals surface area (Å²) in [5.41, 5.74) is -0.399. The number of nitrogens with one attached hydrogen (secondary N) is 1. The third kappa shape index (κ3) is 2.82. The molecule has 1 saturated heterocycles. The van der Waals surface area contributed by atoms with E-state index < -0.39 is 5.82 Å². The maximum atomic E-state index is 13.4. The van der Waals surface area contributed by atoms with Gasteiger partial charge >= 0.3 is 6.09 Å². The molecule has 4 aliphatic carbocycles. The fraction of sp³-hybridized carbons (Fsp3) is 0.600. The van der Waals surface area contributed by atoms with Crippen LogP contribution in [0, 0.1) is 11.7 Å². The Labute approximate surface area is 167 Å². The summed E-state index contributed by atoms with van der Waals surface area (Å²) in [4.78, 5) is 26.4. The summed E-state index contributed by atoms with van der Waals surface area (Å²) in [6.07, 6.45) is 5.63. The average Bonchev–Trinajstić information content (AvgIpc) is 2.90. The Hall–Kier alpha value is -2.02. The largest absolute Gasteiger partial charge is 0.484 e. The summed E-state index contributed by atoms with van der Waals surface area (Å²) >= 11 is 5.63. The van der Waals surface area contributed by atoms with Crippen LogP contribution >= 0.6 is 11.6 Å². The van der Waals surface area contributed by atoms with Crippen molar-refractivity contribution in [2.75, 3.05) is 13.2 Å². The van der Waals surface area contributed by atoms with E-state index in [9.17, 15) is 14.0 Å². The fourth-order valence-corrected chi connectivity index (χ4v) is 5.25. The van der Waals surface area contributed by atoms with Gasteiger partial charge in [0.05, 0.1) is 17.1 Å². The molecule has 2 amide bonds. The summed E-state index contributed by atoms with van der Waals surface area (Å²) in [5.74, 6) is -0.0589. The predicted octanol–water partition coefficient (Wildman–Crippen LogP) is 3.27. The molecule has 0 spiro atoms. The topological polar surface area (TPSA) is 67.9 Å². The molecule has 6 rings (SSSR count). The standard InChI is InChI=1S/C20H22ClFN2O4/c21-14-5-4-13(6-15(14)22)27-8-17(25)23-19-9-20(10-19,11-19)24-7-16(28-18(24)26)12-2-1-3-12/h4-6,12,16H,1-3,7-11H2,(H,23,25). The third-order valence-corrected chi connectivity index (χ3v) is 7.06. The van der Waals surface area contributed by atoms with Crippen LogP contribution in [0.3, 0.4) is 0 Å². The Morgan fingerprint density at radius 1 is 1.36 bits per heavy atom. The zero-order chi connectivity index (χ0) is 19.5. The van der Waals surface area contributed by atoms with Gasteiger partial charge in [-0.3, -0.25) is 9.69 Å². The number of halogens is 2. The van der Waals surface area contributed by atoms with Crippen LogP contribution in [-0.4, -0.2) is 47.2 Å². The first-order chi connectivity index (χ1) is 13.4. The van der Waals surface area contributed by atoms with Crippen molar-refractivity contribution in [2.24, 2.45) is 5.92 Å². The highest BCUT2D eigenvalue weighted by Gasteiger charge is 2.73. The maximum absolute atomic E-state index is 13.4. The van der Waals surface area contributed by atoms with Crippen molar-refractivity contribution in [2.45, 2.75) is 55.7 Å². The molecule has 0 radical (unpaired) electrons. The lowest BCUT2D eigenvalue weighted by atomic mass is 9.43. The first kappa shape index (κ1) is 18.0. The first-order valence-electron chi connectivity index (χ1n) is 9.75. The van der Waals surface area contributed by atoms with E-state index in [1.54, 1.807) is 0 Å². The molecule has 1 unspecified atom stereocenters. The van der Waals surface area contributed by atoms with Crippen molar-refractivity contribution in [3.8, 4) is 5.75 Å². The molecule has 8 heteroatoms. The van der Waals surface area contributed by atoms with Crippen LogP contribution in [0.15, 0.2) is 18.2 Å². The van der Waals surface area contributed by atoms with Crippen LogP contribution in [0.1, 0.15) is 38.5 Å². The number of cyclic esters (lactones) is 1. The minimum atomic E-state index is -0.585. The smallest absolute Gasteiger partial charge is 0.410 e. The Morgan fingerprint density at radius 3 is 2.75 bits per heavy atom. The van der Waals surface area contributed by atoms with Gasteiger partial charge in [0.25, 0.3) is 5.91 Å². The van der Waals surface area contributed by atoms with Gasteiger partial charge in [-0.2, -0.15) is 0 Å². The van der Waals surface area contributed by atoms with Crippen molar-refractivity contribution in [1.82, 2.24) is 10.2 Å². The molecule has 5 aliphatic rings. The van der Waals surface area contributed by atoms with Crippen LogP contribution in [0.5, 0.6) is 5.75 Å². The van der Waals surface area contributed by atoms with Crippen LogP contribution in [-0.2, 0) is 9.53 Å². The van der Waals surface area contributed by atoms with Gasteiger partial charge in [-0.05, 0) is 50.2 Å². The van der Waals surface area contributed by atoms with E-state index in [0.717, 1.165) is 38.2 Å². The highest BCUT2D eigenvalue weighted by molar-refractivity contribution is 6.30. The molecule has 1 aromatic rings. The number of hydrogen-bond donors (Lipinski definition) is 1. The minimum Gasteiger partial charge on any atom is -0.484 e. The lowest BCUT2D eigenvalue weighted by Gasteiger charge is -2.72. The lowest BCUT2D eigenvalue weighted by molar-refractivity contribution is -0.167. The van der Waals surface area contributed by atoms with Gasteiger partial charge < -0.3 is 14.8 Å². The highest BCUT2D eigenvalue weighted by atomic mass is 35.5. The number of carbonyl (C=O) groups is 2. The Morgan fingerprint density at radius 2 is 2.11 bits per heavy atom. The number of hydrogen-bond acceptors (Lipinski definition) is 4. The van der Waals surface area contributed by atoms with Crippen molar-refractivity contribution in [3.05, 3.63) is 29.0 Å². The van der Waals surface area contributed by atoms with Gasteiger partial charge in [0.1, 0.15) is 17.7 Å². The van der Waals surface area contributed by atoms with E-state index in [1.807, 2.05) is 4.90 Å². The van der Waals surface area contributed by atoms with Gasteiger partial charge in [0, 0.05) is 11.6 Å². The van der Waals surface area contributed by atoms with Crippen molar-refractivity contribution >= 4 is 23.6 Å². The first-order valence-corrected chi connectivity index (χ1v) is 10.1. The molecular formula is C20H22ClFN2O4. The van der Waals surface area contributed by atoms with E-state index in [-0.39, 0.29) is 46.6 Å². The normalized spacial score (nSPS) is 33.4. The number of carbonyl (C=O) groups excluding carboxylic acids is 2. The molecule has 150 valence electrons. The van der Waals surface area contributed by atoms with E-state index in [0.29, 0.717) is 12.5 Å². The van der Waals surface area contributed by atoms with Gasteiger partial charge in [-0.25, -0.2) is 9.18 Å². The van der Waals surface area contributed by atoms with Crippen molar-refractivity contribution < 1.29 is 23.5 Å². The SMILES string of the molecule is O=C(COc1ccc(Cl)c(F)c1)NC12CC(N3CC(C4CCC4)OC3=O)(C1)C2. The van der Waals surface area contributed by atoms with Gasteiger partial charge in [0.15, 0.2) is 6.61 Å². The molecule has 1 aliphatic heterocycles. The summed E-state index contributed by atoms with van der Waals surface area (Å²) in [5, 5.41) is 3.02.